The summed E-state index contributed by atoms with van der Waals surface area (Å²) < 4.78 is 7.74. The number of amides is 2. The van der Waals surface area contributed by atoms with Crippen LogP contribution < -0.4 is 15.4 Å². The van der Waals surface area contributed by atoms with Crippen molar-refractivity contribution in [3.8, 4) is 11.8 Å². The number of carbonyl (C=O) groups is 2. The minimum atomic E-state index is -0.522. The zero-order valence-corrected chi connectivity index (χ0v) is 25.1. The van der Waals surface area contributed by atoms with Crippen LogP contribution in [0.2, 0.25) is 10.0 Å². The van der Waals surface area contributed by atoms with E-state index in [2.05, 4.69) is 16.7 Å². The molecule has 0 aliphatic heterocycles. The molecule has 0 radical (unpaired) electrons. The number of benzene rings is 3. The van der Waals surface area contributed by atoms with Crippen LogP contribution in [-0.2, 0) is 24.8 Å². The molecule has 0 spiro atoms. The molecule has 4 rings (SSSR count). The second-order valence-electron chi connectivity index (χ2n) is 10.6. The van der Waals surface area contributed by atoms with Crippen molar-refractivity contribution in [1.82, 2.24) is 14.9 Å². The van der Waals surface area contributed by atoms with Crippen LogP contribution >= 0.6 is 23.2 Å². The van der Waals surface area contributed by atoms with Gasteiger partial charge < -0.3 is 19.9 Å². The minimum Gasteiger partial charge on any atom is -0.493 e. The summed E-state index contributed by atoms with van der Waals surface area (Å²) in [5.41, 5.74) is 3.55. The molecule has 0 atom stereocenters. The molecule has 4 aromatic rings. The summed E-state index contributed by atoms with van der Waals surface area (Å²) in [6, 6.07) is 15.8. The smallest absolute Gasteiger partial charge is 0.259 e. The maximum atomic E-state index is 13.3. The highest BCUT2D eigenvalue weighted by Gasteiger charge is 2.23. The Kier molecular flexibility index (Phi) is 8.91. The van der Waals surface area contributed by atoms with Gasteiger partial charge in [0.1, 0.15) is 11.6 Å². The van der Waals surface area contributed by atoms with Gasteiger partial charge in [0.2, 0.25) is 5.91 Å². The van der Waals surface area contributed by atoms with Crippen molar-refractivity contribution in [2.45, 2.75) is 40.7 Å². The zero-order chi connectivity index (χ0) is 29.9. The number of nitriles is 1. The second kappa shape index (κ2) is 12.2. The third-order valence-electron chi connectivity index (χ3n) is 6.59. The average Bonchev–Trinajstić information content (AvgIpc) is 3.23. The SMILES string of the molecule is CCOc1cc2c(cc1C(=O)Nc1cccc(C#N)c1)nc(Cc1c(Cl)ccc(CNC(=O)C(C)(C)C)c1Cl)n2C. The van der Waals surface area contributed by atoms with Crippen molar-refractivity contribution < 1.29 is 14.3 Å². The fourth-order valence-electron chi connectivity index (χ4n) is 4.29. The standard InChI is InChI=1S/C31H31Cl2N5O3/c1-6-41-26-15-25-24(13-22(26)29(39)36-20-9-7-8-18(12-20)16-34)37-27(38(25)5)14-21-23(32)11-10-19(28(21)33)17-35-30(40)31(2,3)4/h7-13,15H,6,14,17H2,1-5H3,(H,35,40)(H,36,39). The number of aryl methyl sites for hydroxylation is 1. The first-order valence-electron chi connectivity index (χ1n) is 13.1. The van der Waals surface area contributed by atoms with Gasteiger partial charge in [-0.25, -0.2) is 4.98 Å². The van der Waals surface area contributed by atoms with E-state index in [4.69, 9.17) is 32.9 Å². The summed E-state index contributed by atoms with van der Waals surface area (Å²) in [7, 11) is 1.88. The fourth-order valence-corrected chi connectivity index (χ4v) is 4.86. The molecule has 2 N–H and O–H groups in total. The van der Waals surface area contributed by atoms with Gasteiger partial charge in [-0.05, 0) is 48.4 Å². The minimum absolute atomic E-state index is 0.0804. The van der Waals surface area contributed by atoms with Gasteiger partial charge in [-0.15, -0.1) is 0 Å². The summed E-state index contributed by atoms with van der Waals surface area (Å²) in [5, 5.41) is 15.9. The fraction of sp³-hybridized carbons (Fsp3) is 0.290. The summed E-state index contributed by atoms with van der Waals surface area (Å²) >= 11 is 13.3. The van der Waals surface area contributed by atoms with E-state index in [1.165, 1.54) is 0 Å². The van der Waals surface area contributed by atoms with E-state index in [-0.39, 0.29) is 18.4 Å². The first-order valence-corrected chi connectivity index (χ1v) is 13.9. The second-order valence-corrected chi connectivity index (χ2v) is 11.4. The van der Waals surface area contributed by atoms with Crippen LogP contribution in [0, 0.1) is 16.7 Å². The summed E-state index contributed by atoms with van der Waals surface area (Å²) in [4.78, 5) is 30.4. The molecule has 10 heteroatoms. The Labute approximate surface area is 249 Å². The zero-order valence-electron chi connectivity index (χ0n) is 23.6. The number of nitrogens with one attached hydrogen (secondary N) is 2. The largest absolute Gasteiger partial charge is 0.493 e. The van der Waals surface area contributed by atoms with Gasteiger partial charge in [-0.3, -0.25) is 9.59 Å². The maximum Gasteiger partial charge on any atom is 0.259 e. The number of imidazole rings is 1. The van der Waals surface area contributed by atoms with Gasteiger partial charge in [0, 0.05) is 42.2 Å². The Morgan fingerprint density at radius 3 is 2.56 bits per heavy atom. The van der Waals surface area contributed by atoms with Gasteiger partial charge >= 0.3 is 0 Å². The van der Waals surface area contributed by atoms with Gasteiger partial charge in [-0.2, -0.15) is 5.26 Å². The number of aromatic nitrogens is 2. The van der Waals surface area contributed by atoms with Crippen LogP contribution in [0.4, 0.5) is 5.69 Å². The van der Waals surface area contributed by atoms with Crippen molar-refractivity contribution in [3.63, 3.8) is 0 Å². The molecule has 3 aromatic carbocycles. The lowest BCUT2D eigenvalue weighted by atomic mass is 9.95. The molecule has 41 heavy (non-hydrogen) atoms. The highest BCUT2D eigenvalue weighted by Crippen LogP contribution is 2.33. The molecular formula is C31H31Cl2N5O3. The molecule has 1 aromatic heterocycles. The molecular weight excluding hydrogens is 561 g/mol. The van der Waals surface area contributed by atoms with E-state index < -0.39 is 5.41 Å². The maximum absolute atomic E-state index is 13.3. The Bertz CT molecular complexity index is 1680. The Morgan fingerprint density at radius 2 is 1.88 bits per heavy atom. The number of hydrogen-bond acceptors (Lipinski definition) is 5. The van der Waals surface area contributed by atoms with Gasteiger partial charge in [-0.1, -0.05) is 56.1 Å². The van der Waals surface area contributed by atoms with E-state index >= 15 is 0 Å². The molecule has 0 bridgehead atoms. The number of anilines is 1. The molecule has 212 valence electrons. The summed E-state index contributed by atoms with van der Waals surface area (Å²) in [6.45, 7) is 8.03. The molecule has 8 nitrogen and oxygen atoms in total. The lowest BCUT2D eigenvalue weighted by Gasteiger charge is -2.18. The van der Waals surface area contributed by atoms with Gasteiger partial charge in [0.05, 0.1) is 39.9 Å². The topological polar surface area (TPSA) is 109 Å². The van der Waals surface area contributed by atoms with Crippen molar-refractivity contribution >= 4 is 51.7 Å². The van der Waals surface area contributed by atoms with Crippen LogP contribution in [-0.4, -0.2) is 28.0 Å². The molecule has 0 aliphatic carbocycles. The Morgan fingerprint density at radius 1 is 1.12 bits per heavy atom. The normalized spacial score (nSPS) is 11.3. The molecule has 0 saturated carbocycles. The van der Waals surface area contributed by atoms with Crippen molar-refractivity contribution in [2.24, 2.45) is 12.5 Å². The summed E-state index contributed by atoms with van der Waals surface area (Å²) in [6.07, 6.45) is 0.330. The monoisotopic (exact) mass is 591 g/mol. The highest BCUT2D eigenvalue weighted by molar-refractivity contribution is 6.36. The lowest BCUT2D eigenvalue weighted by molar-refractivity contribution is -0.128. The Balaban J connectivity index is 1.66. The average molecular weight is 593 g/mol. The predicted molar refractivity (Wildman–Crippen MR) is 162 cm³/mol. The third kappa shape index (κ3) is 6.64. The van der Waals surface area contributed by atoms with E-state index in [0.717, 1.165) is 11.1 Å². The molecule has 0 unspecified atom stereocenters. The number of rotatable bonds is 8. The Hall–Kier alpha value is -4.06. The number of carbonyl (C=O) groups excluding carboxylic acids is 2. The molecule has 1 heterocycles. The molecule has 2 amide bonds. The predicted octanol–water partition coefficient (Wildman–Crippen LogP) is 6.66. The summed E-state index contributed by atoms with van der Waals surface area (Å²) in [5.74, 6) is 0.634. The van der Waals surface area contributed by atoms with Gasteiger partial charge in [0.25, 0.3) is 5.91 Å². The number of nitrogens with zero attached hydrogens (tertiary/aromatic N) is 3. The van der Waals surface area contributed by atoms with Crippen LogP contribution in [0.15, 0.2) is 48.5 Å². The van der Waals surface area contributed by atoms with E-state index in [0.29, 0.717) is 62.5 Å². The number of halogens is 2. The third-order valence-corrected chi connectivity index (χ3v) is 7.42. The van der Waals surface area contributed by atoms with Crippen molar-refractivity contribution in [2.75, 3.05) is 11.9 Å². The molecule has 0 saturated heterocycles. The number of hydrogen-bond donors (Lipinski definition) is 2. The van der Waals surface area contributed by atoms with Gasteiger partial charge in [0.15, 0.2) is 0 Å². The first kappa shape index (κ1) is 29.9. The molecule has 0 aliphatic rings. The van der Waals surface area contributed by atoms with E-state index in [1.54, 1.807) is 48.5 Å². The number of ether oxygens (including phenoxy) is 1. The quantitative estimate of drug-likeness (QED) is 0.238. The van der Waals surface area contributed by atoms with Crippen molar-refractivity contribution in [3.05, 3.63) is 86.7 Å². The van der Waals surface area contributed by atoms with Crippen LogP contribution in [0.1, 0.15) is 60.6 Å². The van der Waals surface area contributed by atoms with Crippen LogP contribution in [0.3, 0.4) is 0 Å². The highest BCUT2D eigenvalue weighted by atomic mass is 35.5. The van der Waals surface area contributed by atoms with E-state index in [9.17, 15) is 14.9 Å². The molecule has 0 fully saturated rings. The number of fused-ring (bicyclic) bond motifs is 1. The van der Waals surface area contributed by atoms with Crippen LogP contribution in [0.5, 0.6) is 5.75 Å². The van der Waals surface area contributed by atoms with Crippen LogP contribution in [0.25, 0.3) is 11.0 Å². The first-order chi connectivity index (χ1) is 19.4. The lowest BCUT2D eigenvalue weighted by Crippen LogP contribution is -2.34. The van der Waals surface area contributed by atoms with Crippen molar-refractivity contribution in [1.29, 1.82) is 5.26 Å². The van der Waals surface area contributed by atoms with E-state index in [1.807, 2.05) is 39.3 Å².